The summed E-state index contributed by atoms with van der Waals surface area (Å²) in [5, 5.41) is 2.74. The molecule has 17 heavy (non-hydrogen) atoms. The van der Waals surface area contributed by atoms with Crippen LogP contribution >= 0.6 is 0 Å². The third-order valence-corrected chi connectivity index (χ3v) is 7.96. The van der Waals surface area contributed by atoms with Crippen LogP contribution in [0.3, 0.4) is 0 Å². The van der Waals surface area contributed by atoms with Crippen LogP contribution in [0, 0.1) is 11.8 Å². The average Bonchev–Trinajstić information content (AvgIpc) is 2.09. The SMILES string of the molecule is CCCC/C=[N]/[Al-]([CH3])([CH2]C(C)C)[CH2]C(C)C.[Li+]. The van der Waals surface area contributed by atoms with Gasteiger partial charge in [-0.2, -0.15) is 16.4 Å². The van der Waals surface area contributed by atoms with Gasteiger partial charge in [0.2, 0.25) is 0 Å². The Morgan fingerprint density at radius 3 is 1.88 bits per heavy atom. The van der Waals surface area contributed by atoms with E-state index in [2.05, 4.69) is 46.6 Å². The van der Waals surface area contributed by atoms with E-state index in [1.165, 1.54) is 29.8 Å². The third-order valence-electron chi connectivity index (χ3n) is 3.11. The number of nitrogens with zero attached hydrogens (tertiary/aromatic N) is 1. The van der Waals surface area contributed by atoms with E-state index in [0.29, 0.717) is 0 Å². The summed E-state index contributed by atoms with van der Waals surface area (Å²) in [7, 11) is 0. The van der Waals surface area contributed by atoms with Crippen molar-refractivity contribution in [3.63, 3.8) is 0 Å². The van der Waals surface area contributed by atoms with E-state index in [4.69, 9.17) is 3.98 Å². The van der Waals surface area contributed by atoms with Crippen LogP contribution in [0.15, 0.2) is 3.98 Å². The van der Waals surface area contributed by atoms with E-state index >= 15 is 0 Å². The molecule has 0 saturated carbocycles. The van der Waals surface area contributed by atoms with E-state index < -0.39 is 13.3 Å². The van der Waals surface area contributed by atoms with Crippen molar-refractivity contribution in [3.05, 3.63) is 0 Å². The topological polar surface area (TPSA) is 12.4 Å². The fraction of sp³-hybridized carbons (Fsp3) is 0.929. The van der Waals surface area contributed by atoms with Crippen LogP contribution in [-0.4, -0.2) is 19.5 Å². The molecule has 0 saturated heterocycles. The molecule has 0 unspecified atom stereocenters. The van der Waals surface area contributed by atoms with Crippen molar-refractivity contribution in [1.82, 2.24) is 0 Å². The van der Waals surface area contributed by atoms with Gasteiger partial charge in [-0.1, -0.05) is 59.1 Å². The van der Waals surface area contributed by atoms with E-state index in [-0.39, 0.29) is 18.9 Å². The number of unbranched alkanes of at least 4 members (excludes halogenated alkanes) is 2. The standard InChI is InChI=1S/C5H10N.2C4H9.CH3.Al.Li/c1-2-3-4-5-6;2*1-4(2)3;;;/h5H,2-4H2,1H3;2*4H,1H2,2-3H3;1H3;;/q-1;;;;;+1. The molecule has 1 nitrogen and oxygen atoms in total. The molecule has 0 aromatic carbocycles. The zero-order valence-electron chi connectivity index (χ0n) is 13.3. The summed E-state index contributed by atoms with van der Waals surface area (Å²) in [6.07, 6.45) is 5.99. The molecular formula is C14H31AlLiN. The fourth-order valence-electron chi connectivity index (χ4n) is 2.87. The van der Waals surface area contributed by atoms with Crippen molar-refractivity contribution in [3.8, 4) is 0 Å². The molecule has 0 aromatic heterocycles. The summed E-state index contributed by atoms with van der Waals surface area (Å²) in [4.78, 5) is 0. The first kappa shape index (κ1) is 20.1. The Kier molecular flexibility index (Phi) is 12.7. The van der Waals surface area contributed by atoms with Gasteiger partial charge >= 0.3 is 18.9 Å². The number of rotatable bonds is 8. The first-order valence-corrected chi connectivity index (χ1v) is 10.5. The molecule has 0 aliphatic carbocycles. The molecule has 0 spiro atoms. The smallest absolute Gasteiger partial charge is 0.561 e. The number of hydrogen-bond acceptors (Lipinski definition) is 1. The van der Waals surface area contributed by atoms with Gasteiger partial charge in [0.05, 0.1) is 0 Å². The van der Waals surface area contributed by atoms with Gasteiger partial charge in [-0.25, -0.2) is 0 Å². The summed E-state index contributed by atoms with van der Waals surface area (Å²) in [5.41, 5.74) is 0. The van der Waals surface area contributed by atoms with Crippen LogP contribution in [-0.2, 0) is 0 Å². The van der Waals surface area contributed by atoms with Gasteiger partial charge in [0, 0.05) is 0 Å². The molecule has 0 aliphatic heterocycles. The van der Waals surface area contributed by atoms with E-state index in [9.17, 15) is 0 Å². The molecule has 0 aliphatic rings. The molecule has 0 bridgehead atoms. The molecule has 0 amide bonds. The monoisotopic (exact) mass is 247 g/mol. The quantitative estimate of drug-likeness (QED) is 0.354. The predicted molar refractivity (Wildman–Crippen MR) is 78.9 cm³/mol. The van der Waals surface area contributed by atoms with Crippen LogP contribution in [0.25, 0.3) is 0 Å². The summed E-state index contributed by atoms with van der Waals surface area (Å²) in [5.74, 6) is 4.09. The van der Waals surface area contributed by atoms with Crippen LogP contribution in [0.5, 0.6) is 0 Å². The molecule has 0 heterocycles. The maximum absolute atomic E-state index is 5.02. The van der Waals surface area contributed by atoms with Gasteiger partial charge in [0.1, 0.15) is 0 Å². The molecule has 96 valence electrons. The second-order valence-corrected chi connectivity index (χ2v) is 11.2. The van der Waals surface area contributed by atoms with Gasteiger partial charge in [-0.15, -0.1) is 0 Å². The first-order chi connectivity index (χ1) is 7.39. The van der Waals surface area contributed by atoms with Crippen molar-refractivity contribution < 1.29 is 18.9 Å². The minimum absolute atomic E-state index is 0. The molecule has 0 fully saturated rings. The van der Waals surface area contributed by atoms with Gasteiger partial charge in [-0.3, -0.25) is 0 Å². The van der Waals surface area contributed by atoms with Crippen molar-refractivity contribution in [2.75, 3.05) is 0 Å². The molecule has 0 aromatic rings. The third kappa shape index (κ3) is 11.6. The zero-order chi connectivity index (χ0) is 12.6. The van der Waals surface area contributed by atoms with Crippen LogP contribution in [0.1, 0.15) is 53.9 Å². The maximum Gasteiger partial charge on any atom is 1.00 e. The second-order valence-electron chi connectivity index (χ2n) is 6.46. The van der Waals surface area contributed by atoms with Crippen LogP contribution < -0.4 is 18.9 Å². The van der Waals surface area contributed by atoms with Gasteiger partial charge < -0.3 is 3.98 Å². The summed E-state index contributed by atoms with van der Waals surface area (Å²) >= 11 is -1.66. The Balaban J connectivity index is 0. The van der Waals surface area contributed by atoms with Crippen LogP contribution in [0.4, 0.5) is 0 Å². The van der Waals surface area contributed by atoms with Gasteiger partial charge in [0.15, 0.2) is 0 Å². The Morgan fingerprint density at radius 2 is 1.53 bits per heavy atom. The zero-order valence-corrected chi connectivity index (χ0v) is 14.4. The molecule has 0 atom stereocenters. The normalized spacial score (nSPS) is 12.5. The van der Waals surface area contributed by atoms with Crippen molar-refractivity contribution >= 4 is 19.5 Å². The largest absolute Gasteiger partial charge is 1.00 e. The molecule has 0 radical (unpaired) electrons. The number of hydrogen-bond donors (Lipinski definition) is 0. The molecular weight excluding hydrogens is 216 g/mol. The van der Waals surface area contributed by atoms with Crippen LogP contribution in [0.2, 0.25) is 16.4 Å². The molecule has 0 rings (SSSR count). The minimum Gasteiger partial charge on any atom is -0.561 e. The van der Waals surface area contributed by atoms with Crippen molar-refractivity contribution in [2.24, 2.45) is 15.8 Å². The van der Waals surface area contributed by atoms with Gasteiger partial charge in [0.25, 0.3) is 13.3 Å². The Bertz CT molecular complexity index is 192. The Morgan fingerprint density at radius 1 is 1.06 bits per heavy atom. The Labute approximate surface area is 124 Å². The first-order valence-electron chi connectivity index (χ1n) is 7.15. The molecule has 0 N–H and O–H groups in total. The predicted octanol–water partition coefficient (Wildman–Crippen LogP) is 2.14. The summed E-state index contributed by atoms with van der Waals surface area (Å²) < 4.78 is 5.02. The van der Waals surface area contributed by atoms with E-state index in [1.807, 2.05) is 0 Å². The fourth-order valence-corrected chi connectivity index (χ4v) is 8.03. The van der Waals surface area contributed by atoms with Crippen molar-refractivity contribution in [2.45, 2.75) is 70.2 Å². The summed E-state index contributed by atoms with van der Waals surface area (Å²) in [6, 6.07) is 0. The second kappa shape index (κ2) is 10.7. The summed E-state index contributed by atoms with van der Waals surface area (Å²) in [6.45, 7) is 11.6. The van der Waals surface area contributed by atoms with Gasteiger partial charge in [-0.05, 0) is 12.8 Å². The average molecular weight is 247 g/mol. The van der Waals surface area contributed by atoms with E-state index in [0.717, 1.165) is 11.8 Å². The molecule has 3 heteroatoms. The van der Waals surface area contributed by atoms with Crippen molar-refractivity contribution in [1.29, 1.82) is 0 Å². The minimum atomic E-state index is -1.66. The van der Waals surface area contributed by atoms with E-state index in [1.54, 1.807) is 0 Å². The maximum atomic E-state index is 5.02. The Hall–Kier alpha value is 0.800.